The number of anilines is 1. The quantitative estimate of drug-likeness (QED) is 0.584. The van der Waals surface area contributed by atoms with Crippen LogP contribution in [0.2, 0.25) is 0 Å². The zero-order valence-corrected chi connectivity index (χ0v) is 17.6. The Labute approximate surface area is 179 Å². The minimum Gasteiger partial charge on any atom is -0.482 e. The van der Waals surface area contributed by atoms with E-state index in [4.69, 9.17) is 17.0 Å². The number of carbonyl (C=O) groups excluding carboxylic acids is 2. The first kappa shape index (κ1) is 19.7. The van der Waals surface area contributed by atoms with E-state index in [1.54, 1.807) is 11.0 Å². The molecule has 2 amide bonds. The van der Waals surface area contributed by atoms with Crippen molar-refractivity contribution in [1.82, 2.24) is 5.32 Å². The fraction of sp³-hybridized carbons (Fsp3) is 0.227. The lowest BCUT2D eigenvalue weighted by atomic mass is 10.1. The second-order valence-electron chi connectivity index (χ2n) is 7.00. The van der Waals surface area contributed by atoms with E-state index in [2.05, 4.69) is 36.5 Å². The number of nitrogens with one attached hydrogen (secondary N) is 1. The van der Waals surface area contributed by atoms with Crippen molar-refractivity contribution in [2.75, 3.05) is 18.1 Å². The average molecular weight is 425 g/mol. The van der Waals surface area contributed by atoms with Crippen molar-refractivity contribution in [2.45, 2.75) is 19.8 Å². The number of thioether (sulfide) groups is 1. The predicted molar refractivity (Wildman–Crippen MR) is 120 cm³/mol. The molecule has 1 N–H and O–H groups in total. The van der Waals surface area contributed by atoms with Crippen LogP contribution in [0.5, 0.6) is 5.75 Å². The second kappa shape index (κ2) is 8.39. The van der Waals surface area contributed by atoms with E-state index in [9.17, 15) is 9.59 Å². The SMILES string of the molecule is Cc1ccc(CCCN2C(=O)COc3ccc(/C=C4\SC(=S)NC4=O)cc32)cc1. The number of thiocarbonyl (C=S) groups is 1. The summed E-state index contributed by atoms with van der Waals surface area (Å²) in [6.45, 7) is 2.73. The topological polar surface area (TPSA) is 58.6 Å². The van der Waals surface area contributed by atoms with Crippen LogP contribution < -0.4 is 15.0 Å². The molecule has 0 aliphatic carbocycles. The fourth-order valence-corrected chi connectivity index (χ4v) is 4.37. The van der Waals surface area contributed by atoms with Crippen LogP contribution >= 0.6 is 24.0 Å². The number of aryl methyl sites for hydroxylation is 2. The smallest absolute Gasteiger partial charge is 0.265 e. The van der Waals surface area contributed by atoms with Crippen molar-refractivity contribution in [3.8, 4) is 5.75 Å². The van der Waals surface area contributed by atoms with E-state index in [-0.39, 0.29) is 18.4 Å². The summed E-state index contributed by atoms with van der Waals surface area (Å²) in [6, 6.07) is 14.1. The lowest BCUT2D eigenvalue weighted by Crippen LogP contribution is -2.39. The summed E-state index contributed by atoms with van der Waals surface area (Å²) in [4.78, 5) is 26.7. The maximum atomic E-state index is 12.5. The van der Waals surface area contributed by atoms with Crippen molar-refractivity contribution in [1.29, 1.82) is 0 Å². The molecule has 2 aliphatic rings. The Kier molecular flexibility index (Phi) is 5.69. The number of hydrogen-bond acceptors (Lipinski definition) is 5. The van der Waals surface area contributed by atoms with Gasteiger partial charge in [0.1, 0.15) is 10.1 Å². The van der Waals surface area contributed by atoms with Crippen LogP contribution in [0.4, 0.5) is 5.69 Å². The fourth-order valence-electron chi connectivity index (χ4n) is 3.32. The molecule has 7 heteroatoms. The van der Waals surface area contributed by atoms with Gasteiger partial charge >= 0.3 is 0 Å². The number of benzene rings is 2. The highest BCUT2D eigenvalue weighted by atomic mass is 32.2. The molecule has 1 fully saturated rings. The molecule has 0 radical (unpaired) electrons. The van der Waals surface area contributed by atoms with Crippen LogP contribution in [0.15, 0.2) is 47.4 Å². The number of ether oxygens (including phenoxy) is 1. The summed E-state index contributed by atoms with van der Waals surface area (Å²) in [5.74, 6) is 0.432. The van der Waals surface area contributed by atoms with Gasteiger partial charge in [-0.25, -0.2) is 0 Å². The lowest BCUT2D eigenvalue weighted by Gasteiger charge is -2.29. The maximum absolute atomic E-state index is 12.5. The molecule has 29 heavy (non-hydrogen) atoms. The first-order valence-corrected chi connectivity index (χ1v) is 10.6. The van der Waals surface area contributed by atoms with Crippen LogP contribution in [0, 0.1) is 6.92 Å². The van der Waals surface area contributed by atoms with Gasteiger partial charge in [-0.05, 0) is 49.1 Å². The first-order valence-electron chi connectivity index (χ1n) is 9.37. The van der Waals surface area contributed by atoms with Crippen LogP contribution in [-0.2, 0) is 16.0 Å². The molecule has 148 valence electrons. The number of carbonyl (C=O) groups is 2. The van der Waals surface area contributed by atoms with Gasteiger partial charge < -0.3 is 15.0 Å². The minimum atomic E-state index is -0.194. The molecular formula is C22H20N2O3S2. The molecule has 0 spiro atoms. The van der Waals surface area contributed by atoms with Crippen molar-refractivity contribution in [3.05, 3.63) is 64.1 Å². The molecule has 2 aromatic carbocycles. The van der Waals surface area contributed by atoms with E-state index in [0.29, 0.717) is 21.5 Å². The summed E-state index contributed by atoms with van der Waals surface area (Å²) in [7, 11) is 0. The highest BCUT2D eigenvalue weighted by Gasteiger charge is 2.26. The third-order valence-corrected chi connectivity index (χ3v) is 6.00. The summed E-state index contributed by atoms with van der Waals surface area (Å²) >= 11 is 6.27. The van der Waals surface area contributed by atoms with Gasteiger partial charge in [0, 0.05) is 6.54 Å². The molecule has 2 heterocycles. The highest BCUT2D eigenvalue weighted by Crippen LogP contribution is 2.35. The first-order chi connectivity index (χ1) is 14.0. The van der Waals surface area contributed by atoms with E-state index in [1.165, 1.54) is 22.9 Å². The number of fused-ring (bicyclic) bond motifs is 1. The molecule has 1 saturated heterocycles. The molecule has 2 aromatic rings. The summed E-state index contributed by atoms with van der Waals surface area (Å²) in [5.41, 5.74) is 4.07. The monoisotopic (exact) mass is 424 g/mol. The van der Waals surface area contributed by atoms with Crippen molar-refractivity contribution >= 4 is 51.9 Å². The highest BCUT2D eigenvalue weighted by molar-refractivity contribution is 8.26. The molecule has 0 atom stereocenters. The largest absolute Gasteiger partial charge is 0.482 e. The average Bonchev–Trinajstić information content (AvgIpc) is 3.02. The lowest BCUT2D eigenvalue weighted by molar-refractivity contribution is -0.121. The zero-order valence-electron chi connectivity index (χ0n) is 15.9. The Morgan fingerprint density at radius 2 is 2.00 bits per heavy atom. The van der Waals surface area contributed by atoms with Gasteiger partial charge in [0.2, 0.25) is 0 Å². The van der Waals surface area contributed by atoms with Crippen molar-refractivity contribution in [2.24, 2.45) is 0 Å². The normalized spacial score (nSPS) is 17.3. The number of hydrogen-bond donors (Lipinski definition) is 1. The van der Waals surface area contributed by atoms with Gasteiger partial charge in [0.05, 0.1) is 10.6 Å². The molecule has 0 unspecified atom stereocenters. The molecular weight excluding hydrogens is 404 g/mol. The molecule has 5 nitrogen and oxygen atoms in total. The van der Waals surface area contributed by atoms with E-state index in [0.717, 1.165) is 24.1 Å². The molecule has 0 aromatic heterocycles. The minimum absolute atomic E-state index is 0.0461. The zero-order chi connectivity index (χ0) is 20.4. The Bertz CT molecular complexity index is 1020. The predicted octanol–water partition coefficient (Wildman–Crippen LogP) is 3.84. The van der Waals surface area contributed by atoms with Gasteiger partial charge in [-0.15, -0.1) is 0 Å². The molecule has 4 rings (SSSR count). The van der Waals surface area contributed by atoms with E-state index in [1.807, 2.05) is 18.2 Å². The molecule has 2 aliphatic heterocycles. The summed E-state index contributed by atoms with van der Waals surface area (Å²) in [6.07, 6.45) is 3.54. The van der Waals surface area contributed by atoms with Crippen LogP contribution in [-0.4, -0.2) is 29.3 Å². The van der Waals surface area contributed by atoms with Crippen molar-refractivity contribution in [3.63, 3.8) is 0 Å². The van der Waals surface area contributed by atoms with Gasteiger partial charge in [0.25, 0.3) is 11.8 Å². The van der Waals surface area contributed by atoms with E-state index >= 15 is 0 Å². The molecule has 0 saturated carbocycles. The van der Waals surface area contributed by atoms with Gasteiger partial charge in [-0.3, -0.25) is 9.59 Å². The summed E-state index contributed by atoms with van der Waals surface area (Å²) < 4.78 is 6.04. The number of amides is 2. The number of nitrogens with zero attached hydrogens (tertiary/aromatic N) is 1. The Balaban J connectivity index is 1.51. The van der Waals surface area contributed by atoms with Gasteiger partial charge in [-0.1, -0.05) is 59.9 Å². The van der Waals surface area contributed by atoms with Crippen molar-refractivity contribution < 1.29 is 14.3 Å². The van der Waals surface area contributed by atoms with Crippen LogP contribution in [0.3, 0.4) is 0 Å². The third kappa shape index (κ3) is 4.52. The molecule has 0 bridgehead atoms. The van der Waals surface area contributed by atoms with Gasteiger partial charge in [-0.2, -0.15) is 0 Å². The Morgan fingerprint density at radius 1 is 1.21 bits per heavy atom. The van der Waals surface area contributed by atoms with Crippen LogP contribution in [0.1, 0.15) is 23.1 Å². The number of rotatable bonds is 5. The van der Waals surface area contributed by atoms with E-state index < -0.39 is 0 Å². The second-order valence-corrected chi connectivity index (χ2v) is 8.72. The standard InChI is InChI=1S/C22H20N2O3S2/c1-14-4-6-15(7-5-14)3-2-10-24-17-11-16(8-9-18(17)27-13-20(24)25)12-19-21(26)23-22(28)29-19/h4-9,11-12H,2-3,10,13H2,1H3,(H,23,26,28)/b19-12-. The third-order valence-electron chi connectivity index (χ3n) is 4.83. The van der Waals surface area contributed by atoms with Gasteiger partial charge in [0.15, 0.2) is 6.61 Å². The van der Waals surface area contributed by atoms with Crippen LogP contribution in [0.25, 0.3) is 6.08 Å². The Morgan fingerprint density at radius 3 is 2.72 bits per heavy atom. The summed E-state index contributed by atoms with van der Waals surface area (Å²) in [5, 5.41) is 2.61. The Hall–Kier alpha value is -2.64. The maximum Gasteiger partial charge on any atom is 0.265 e.